The number of nitriles is 1. The molecule has 1 amide bonds. The fourth-order valence-corrected chi connectivity index (χ4v) is 4.00. The number of carbonyl (C=O) groups excluding carboxylic acids is 1. The minimum absolute atomic E-state index is 0.0144. The smallest absolute Gasteiger partial charge is 0.455 e. The zero-order valence-electron chi connectivity index (χ0n) is 15.0. The van der Waals surface area contributed by atoms with E-state index in [9.17, 15) is 27.6 Å². The lowest BCUT2D eigenvalue weighted by Crippen LogP contribution is -2.52. The number of anilines is 1. The molecule has 2 atom stereocenters. The molecule has 4 rings (SSSR count). The van der Waals surface area contributed by atoms with Crippen molar-refractivity contribution in [3.05, 3.63) is 53.3 Å². The predicted octanol–water partition coefficient (Wildman–Crippen LogP) is 4.19. The van der Waals surface area contributed by atoms with Crippen molar-refractivity contribution in [1.82, 2.24) is 5.32 Å². The third-order valence-corrected chi connectivity index (χ3v) is 5.11. The van der Waals surface area contributed by atoms with E-state index < -0.39 is 30.0 Å². The fourth-order valence-electron chi connectivity index (χ4n) is 4.00. The SMILES string of the molecule is N#Cc1cc(F)cc2c1N1CCCC(NC(=O)C(F)(F)F)[C@H]1c1ccccc1O2. The van der Waals surface area contributed by atoms with Gasteiger partial charge in [-0.3, -0.25) is 4.79 Å². The highest BCUT2D eigenvalue weighted by Gasteiger charge is 2.45. The van der Waals surface area contributed by atoms with Crippen LogP contribution < -0.4 is 15.0 Å². The molecule has 29 heavy (non-hydrogen) atoms. The minimum Gasteiger partial charge on any atom is -0.455 e. The maximum absolute atomic E-state index is 14.0. The topological polar surface area (TPSA) is 65.4 Å². The average Bonchev–Trinajstić information content (AvgIpc) is 2.81. The molecular weight excluding hydrogens is 390 g/mol. The first-order chi connectivity index (χ1) is 13.8. The van der Waals surface area contributed by atoms with E-state index in [1.807, 2.05) is 6.07 Å². The number of nitrogens with one attached hydrogen (secondary N) is 1. The van der Waals surface area contributed by atoms with Gasteiger partial charge >= 0.3 is 12.1 Å². The maximum atomic E-state index is 14.0. The van der Waals surface area contributed by atoms with Gasteiger partial charge < -0.3 is 15.0 Å². The third kappa shape index (κ3) is 3.35. The molecule has 2 aromatic rings. The Labute approximate surface area is 163 Å². The number of benzene rings is 2. The highest BCUT2D eigenvalue weighted by molar-refractivity contribution is 5.82. The van der Waals surface area contributed by atoms with Crippen molar-refractivity contribution >= 4 is 11.6 Å². The largest absolute Gasteiger partial charge is 0.471 e. The molecule has 0 saturated carbocycles. The van der Waals surface area contributed by atoms with Crippen LogP contribution in [-0.2, 0) is 4.79 Å². The fraction of sp³-hybridized carbons (Fsp3) is 0.300. The lowest BCUT2D eigenvalue weighted by molar-refractivity contribution is -0.174. The van der Waals surface area contributed by atoms with E-state index in [-0.39, 0.29) is 11.3 Å². The highest BCUT2D eigenvalue weighted by atomic mass is 19.4. The van der Waals surface area contributed by atoms with Crippen LogP contribution in [0.15, 0.2) is 36.4 Å². The summed E-state index contributed by atoms with van der Waals surface area (Å²) in [7, 11) is 0. The first kappa shape index (κ1) is 19.1. The van der Waals surface area contributed by atoms with Gasteiger partial charge in [0.05, 0.1) is 23.3 Å². The summed E-state index contributed by atoms with van der Waals surface area (Å²) in [5.41, 5.74) is 0.877. The number of ether oxygens (including phenoxy) is 1. The van der Waals surface area contributed by atoms with Crippen LogP contribution in [0.1, 0.15) is 30.0 Å². The number of piperidine rings is 1. The Hall–Kier alpha value is -3.28. The van der Waals surface area contributed by atoms with E-state index in [1.54, 1.807) is 29.2 Å². The highest BCUT2D eigenvalue weighted by Crippen LogP contribution is 2.49. The van der Waals surface area contributed by atoms with Crippen molar-refractivity contribution in [1.29, 1.82) is 5.26 Å². The van der Waals surface area contributed by atoms with E-state index >= 15 is 0 Å². The summed E-state index contributed by atoms with van der Waals surface area (Å²) in [5.74, 6) is -2.23. The molecule has 9 heteroatoms. The summed E-state index contributed by atoms with van der Waals surface area (Å²) < 4.78 is 58.5. The van der Waals surface area contributed by atoms with Gasteiger partial charge in [0.15, 0.2) is 5.75 Å². The molecule has 2 heterocycles. The second-order valence-corrected chi connectivity index (χ2v) is 6.91. The molecule has 2 aliphatic rings. The van der Waals surface area contributed by atoms with Crippen LogP contribution in [0.25, 0.3) is 0 Å². The number of amides is 1. The maximum Gasteiger partial charge on any atom is 0.471 e. The van der Waals surface area contributed by atoms with Gasteiger partial charge in [-0.15, -0.1) is 0 Å². The molecule has 2 aliphatic heterocycles. The molecule has 1 N–H and O–H groups in total. The van der Waals surface area contributed by atoms with E-state index in [4.69, 9.17) is 4.74 Å². The van der Waals surface area contributed by atoms with Crippen LogP contribution in [0.2, 0.25) is 0 Å². The summed E-state index contributed by atoms with van der Waals surface area (Å²) in [6, 6.07) is 9.28. The van der Waals surface area contributed by atoms with E-state index in [0.717, 1.165) is 12.1 Å². The number of para-hydroxylation sites is 1. The summed E-state index contributed by atoms with van der Waals surface area (Å²) in [4.78, 5) is 13.4. The zero-order valence-corrected chi connectivity index (χ0v) is 15.0. The first-order valence-electron chi connectivity index (χ1n) is 8.94. The number of nitrogens with zero attached hydrogens (tertiary/aromatic N) is 2. The average molecular weight is 405 g/mol. The second kappa shape index (κ2) is 6.95. The summed E-state index contributed by atoms with van der Waals surface area (Å²) in [5, 5.41) is 11.6. The Morgan fingerprint density at radius 3 is 2.72 bits per heavy atom. The standard InChI is InChI=1S/C20H15F4N3O2/c21-12-8-11(10-25)17-16(9-12)29-15-6-2-1-4-13(15)18-14(5-3-7-27(17)18)26-19(28)20(22,23)24/h1-2,4,6,8-9,14,18H,3,5,7H2,(H,26,28)/t14?,18-/m1/s1. The van der Waals surface area contributed by atoms with Gasteiger partial charge in [0, 0.05) is 18.2 Å². The van der Waals surface area contributed by atoms with Crippen molar-refractivity contribution < 1.29 is 27.1 Å². The Morgan fingerprint density at radius 1 is 1.24 bits per heavy atom. The number of hydrogen-bond acceptors (Lipinski definition) is 4. The third-order valence-electron chi connectivity index (χ3n) is 5.11. The van der Waals surface area contributed by atoms with Gasteiger partial charge in [-0.05, 0) is 25.0 Å². The van der Waals surface area contributed by atoms with Gasteiger partial charge in [-0.2, -0.15) is 18.4 Å². The first-order valence-corrected chi connectivity index (χ1v) is 8.94. The number of halogens is 4. The Balaban J connectivity index is 1.87. The van der Waals surface area contributed by atoms with E-state index in [1.165, 1.54) is 0 Å². The summed E-state index contributed by atoms with van der Waals surface area (Å²) in [6.07, 6.45) is -4.22. The van der Waals surface area contributed by atoms with Crippen molar-refractivity contribution in [2.24, 2.45) is 0 Å². The molecule has 2 aromatic carbocycles. The van der Waals surface area contributed by atoms with Crippen LogP contribution >= 0.6 is 0 Å². The molecule has 0 aromatic heterocycles. The number of carbonyl (C=O) groups is 1. The van der Waals surface area contributed by atoms with Crippen LogP contribution in [0.5, 0.6) is 11.5 Å². The number of rotatable bonds is 1. The lowest BCUT2D eigenvalue weighted by atomic mass is 9.89. The zero-order chi connectivity index (χ0) is 20.8. The lowest BCUT2D eigenvalue weighted by Gasteiger charge is -2.42. The summed E-state index contributed by atoms with van der Waals surface area (Å²) in [6.45, 7) is 0.411. The number of alkyl halides is 3. The molecule has 0 bridgehead atoms. The quantitative estimate of drug-likeness (QED) is 0.723. The predicted molar refractivity (Wildman–Crippen MR) is 94.9 cm³/mol. The number of fused-ring (bicyclic) bond motifs is 5. The van der Waals surface area contributed by atoms with Gasteiger partial charge in [0.2, 0.25) is 0 Å². The molecule has 0 spiro atoms. The van der Waals surface area contributed by atoms with Crippen molar-refractivity contribution in [3.8, 4) is 17.6 Å². The van der Waals surface area contributed by atoms with Gasteiger partial charge in [0.1, 0.15) is 17.6 Å². The molecule has 0 aliphatic carbocycles. The van der Waals surface area contributed by atoms with Crippen LogP contribution in [-0.4, -0.2) is 24.7 Å². The van der Waals surface area contributed by atoms with Gasteiger partial charge in [-0.1, -0.05) is 18.2 Å². The molecule has 1 fully saturated rings. The molecule has 150 valence electrons. The van der Waals surface area contributed by atoms with Crippen LogP contribution in [0, 0.1) is 17.1 Å². The molecule has 0 radical (unpaired) electrons. The monoisotopic (exact) mass is 405 g/mol. The number of hydrogen-bond donors (Lipinski definition) is 1. The Bertz CT molecular complexity index is 1020. The molecule has 5 nitrogen and oxygen atoms in total. The van der Waals surface area contributed by atoms with Crippen LogP contribution in [0.3, 0.4) is 0 Å². The van der Waals surface area contributed by atoms with Gasteiger partial charge in [0.25, 0.3) is 0 Å². The van der Waals surface area contributed by atoms with Crippen molar-refractivity contribution in [3.63, 3.8) is 0 Å². The van der Waals surface area contributed by atoms with Crippen LogP contribution in [0.4, 0.5) is 23.2 Å². The Morgan fingerprint density at radius 2 is 2.00 bits per heavy atom. The van der Waals surface area contributed by atoms with Crippen molar-refractivity contribution in [2.45, 2.75) is 31.1 Å². The van der Waals surface area contributed by atoms with E-state index in [0.29, 0.717) is 36.4 Å². The molecule has 1 saturated heterocycles. The van der Waals surface area contributed by atoms with Gasteiger partial charge in [-0.25, -0.2) is 4.39 Å². The normalized spacial score (nSPS) is 20.3. The second-order valence-electron chi connectivity index (χ2n) is 6.91. The van der Waals surface area contributed by atoms with E-state index in [2.05, 4.69) is 5.32 Å². The summed E-state index contributed by atoms with van der Waals surface area (Å²) >= 11 is 0. The minimum atomic E-state index is -5.01. The molecule has 1 unspecified atom stereocenters. The van der Waals surface area contributed by atoms with Crippen molar-refractivity contribution in [2.75, 3.05) is 11.4 Å². The molecular formula is C20H15F4N3O2. The Kier molecular flexibility index (Phi) is 4.57.